The third-order valence-electron chi connectivity index (χ3n) is 4.58. The summed E-state index contributed by atoms with van der Waals surface area (Å²) in [6.45, 7) is 6.51. The molecule has 1 saturated heterocycles. The van der Waals surface area contributed by atoms with Crippen LogP contribution < -0.4 is 10.2 Å². The second-order valence-corrected chi connectivity index (χ2v) is 6.76. The highest BCUT2D eigenvalue weighted by Crippen LogP contribution is 2.29. The fraction of sp³-hybridized carbons (Fsp3) is 0.471. The van der Waals surface area contributed by atoms with Crippen LogP contribution in [0.4, 0.5) is 5.69 Å². The molecular weight excluding hydrogens is 326 g/mol. The van der Waals surface area contributed by atoms with Crippen LogP contribution in [0.3, 0.4) is 0 Å². The van der Waals surface area contributed by atoms with Gasteiger partial charge in [0.05, 0.1) is 0 Å². The van der Waals surface area contributed by atoms with Crippen molar-refractivity contribution in [3.05, 3.63) is 41.4 Å². The van der Waals surface area contributed by atoms with Gasteiger partial charge < -0.3 is 10.2 Å². The first kappa shape index (κ1) is 16.8. The molecule has 3 rings (SSSR count). The van der Waals surface area contributed by atoms with E-state index in [-0.39, 0.29) is 11.9 Å². The molecule has 1 aromatic heterocycles. The Morgan fingerprint density at radius 1 is 1.50 bits per heavy atom. The lowest BCUT2D eigenvalue weighted by molar-refractivity contribution is -0.124. The Bertz CT molecular complexity index is 703. The molecule has 0 unspecified atom stereocenters. The zero-order valence-electron chi connectivity index (χ0n) is 13.9. The molecule has 2 aromatic rings. The maximum atomic E-state index is 12.2. The van der Waals surface area contributed by atoms with Gasteiger partial charge in [0.25, 0.3) is 0 Å². The maximum Gasteiger partial charge on any atom is 0.244 e. The molecule has 1 fully saturated rings. The monoisotopic (exact) mass is 347 g/mol. The number of carbonyl (C=O) groups is 1. The molecule has 1 aliphatic rings. The van der Waals surface area contributed by atoms with Crippen molar-refractivity contribution in [2.24, 2.45) is 5.92 Å². The minimum absolute atomic E-state index is 0.0297. The Labute approximate surface area is 146 Å². The number of rotatable bonds is 5. The summed E-state index contributed by atoms with van der Waals surface area (Å²) in [5.41, 5.74) is 2.41. The highest BCUT2D eigenvalue weighted by atomic mass is 35.5. The first-order chi connectivity index (χ1) is 11.5. The Morgan fingerprint density at radius 2 is 2.33 bits per heavy atom. The van der Waals surface area contributed by atoms with Crippen LogP contribution in [-0.4, -0.2) is 40.3 Å². The van der Waals surface area contributed by atoms with Gasteiger partial charge in [-0.05, 0) is 43.9 Å². The fourth-order valence-electron chi connectivity index (χ4n) is 3.07. The molecule has 24 heavy (non-hydrogen) atoms. The number of halogens is 1. The summed E-state index contributed by atoms with van der Waals surface area (Å²) in [5, 5.41) is 7.80. The van der Waals surface area contributed by atoms with Crippen molar-refractivity contribution < 1.29 is 4.79 Å². The predicted octanol–water partition coefficient (Wildman–Crippen LogP) is 2.44. The lowest BCUT2D eigenvalue weighted by atomic mass is 10.1. The standard InChI is InChI=1S/C17H22ClN5O/c1-12-3-4-15(18)7-16(12)22-6-5-14(9-22)8-20-17(24)13(2)23-11-19-10-21-23/h3-4,7,10-11,13-14H,5-6,8-9H2,1-2H3,(H,20,24)/t13-,14+/m0/s1. The largest absolute Gasteiger partial charge is 0.371 e. The van der Waals surface area contributed by atoms with Gasteiger partial charge in [0.15, 0.2) is 0 Å². The van der Waals surface area contributed by atoms with E-state index in [0.717, 1.165) is 24.5 Å². The smallest absolute Gasteiger partial charge is 0.244 e. The molecule has 2 heterocycles. The van der Waals surface area contributed by atoms with E-state index in [9.17, 15) is 4.79 Å². The van der Waals surface area contributed by atoms with E-state index >= 15 is 0 Å². The topological polar surface area (TPSA) is 63.1 Å². The summed E-state index contributed by atoms with van der Waals surface area (Å²) >= 11 is 6.12. The maximum absolute atomic E-state index is 12.2. The Morgan fingerprint density at radius 3 is 3.08 bits per heavy atom. The van der Waals surface area contributed by atoms with Gasteiger partial charge in [0.2, 0.25) is 5.91 Å². The molecule has 6 nitrogen and oxygen atoms in total. The molecule has 128 valence electrons. The first-order valence-electron chi connectivity index (χ1n) is 8.17. The quantitative estimate of drug-likeness (QED) is 0.902. The number of anilines is 1. The number of benzene rings is 1. The van der Waals surface area contributed by atoms with Crippen LogP contribution >= 0.6 is 11.6 Å². The van der Waals surface area contributed by atoms with E-state index < -0.39 is 0 Å². The van der Waals surface area contributed by atoms with Crippen LogP contribution in [0.15, 0.2) is 30.9 Å². The number of aromatic nitrogens is 3. The number of hydrogen-bond donors (Lipinski definition) is 1. The van der Waals surface area contributed by atoms with Crippen molar-refractivity contribution in [2.75, 3.05) is 24.5 Å². The first-order valence-corrected chi connectivity index (χ1v) is 8.55. The minimum atomic E-state index is -0.347. The zero-order valence-corrected chi connectivity index (χ0v) is 14.7. The summed E-state index contributed by atoms with van der Waals surface area (Å²) < 4.78 is 1.56. The SMILES string of the molecule is Cc1ccc(Cl)cc1N1CC[C@H](CNC(=O)[C@H](C)n2cncn2)C1. The van der Waals surface area contributed by atoms with Crippen molar-refractivity contribution in [1.29, 1.82) is 0 Å². The van der Waals surface area contributed by atoms with Crippen LogP contribution in [0.25, 0.3) is 0 Å². The van der Waals surface area contributed by atoms with Gasteiger partial charge in [-0.25, -0.2) is 9.67 Å². The van der Waals surface area contributed by atoms with Gasteiger partial charge in [0, 0.05) is 30.3 Å². The Hall–Kier alpha value is -2.08. The van der Waals surface area contributed by atoms with Crippen LogP contribution in [0, 0.1) is 12.8 Å². The summed E-state index contributed by atoms with van der Waals surface area (Å²) in [7, 11) is 0. The number of aryl methyl sites for hydroxylation is 1. The van der Waals surface area contributed by atoms with E-state index in [1.54, 1.807) is 11.0 Å². The molecule has 0 aliphatic carbocycles. The third kappa shape index (κ3) is 3.70. The molecule has 7 heteroatoms. The van der Waals surface area contributed by atoms with Crippen LogP contribution in [0.5, 0.6) is 0 Å². The summed E-state index contributed by atoms with van der Waals surface area (Å²) in [4.78, 5) is 18.4. The average Bonchev–Trinajstić information content (AvgIpc) is 3.25. The van der Waals surface area contributed by atoms with Crippen LogP contribution in [0.1, 0.15) is 24.9 Å². The van der Waals surface area contributed by atoms with E-state index in [2.05, 4.69) is 27.2 Å². The lowest BCUT2D eigenvalue weighted by Crippen LogP contribution is -2.35. The molecular formula is C17H22ClN5O. The summed E-state index contributed by atoms with van der Waals surface area (Å²) in [6.07, 6.45) is 4.05. The van der Waals surface area contributed by atoms with Gasteiger partial charge in [-0.2, -0.15) is 5.10 Å². The molecule has 0 saturated carbocycles. The Kier molecular flexibility index (Phi) is 5.04. The van der Waals surface area contributed by atoms with E-state index in [1.807, 2.05) is 25.1 Å². The molecule has 0 radical (unpaired) electrons. The van der Waals surface area contributed by atoms with E-state index in [1.165, 1.54) is 17.6 Å². The van der Waals surface area contributed by atoms with Crippen molar-refractivity contribution in [3.63, 3.8) is 0 Å². The second-order valence-electron chi connectivity index (χ2n) is 6.33. The molecule has 1 amide bonds. The highest BCUT2D eigenvalue weighted by molar-refractivity contribution is 6.30. The van der Waals surface area contributed by atoms with Crippen molar-refractivity contribution in [3.8, 4) is 0 Å². The molecule has 1 N–H and O–H groups in total. The Balaban J connectivity index is 1.53. The average molecular weight is 348 g/mol. The van der Waals surface area contributed by atoms with Crippen molar-refractivity contribution >= 4 is 23.2 Å². The lowest BCUT2D eigenvalue weighted by Gasteiger charge is -2.21. The number of hydrogen-bond acceptors (Lipinski definition) is 4. The van der Waals surface area contributed by atoms with Crippen molar-refractivity contribution in [2.45, 2.75) is 26.3 Å². The van der Waals surface area contributed by atoms with E-state index in [0.29, 0.717) is 12.5 Å². The summed E-state index contributed by atoms with van der Waals surface area (Å²) in [6, 6.07) is 5.64. The van der Waals surface area contributed by atoms with Crippen LogP contribution in [0.2, 0.25) is 5.02 Å². The van der Waals surface area contributed by atoms with Gasteiger partial charge in [0.1, 0.15) is 18.7 Å². The van der Waals surface area contributed by atoms with Gasteiger partial charge in [-0.3, -0.25) is 4.79 Å². The molecule has 2 atom stereocenters. The zero-order chi connectivity index (χ0) is 17.1. The molecule has 0 spiro atoms. The van der Waals surface area contributed by atoms with Gasteiger partial charge >= 0.3 is 0 Å². The second kappa shape index (κ2) is 7.21. The molecule has 1 aliphatic heterocycles. The number of amides is 1. The van der Waals surface area contributed by atoms with Crippen LogP contribution in [-0.2, 0) is 4.79 Å². The highest BCUT2D eigenvalue weighted by Gasteiger charge is 2.25. The van der Waals surface area contributed by atoms with Gasteiger partial charge in [-0.15, -0.1) is 0 Å². The van der Waals surface area contributed by atoms with Gasteiger partial charge in [-0.1, -0.05) is 17.7 Å². The number of nitrogens with one attached hydrogen (secondary N) is 1. The minimum Gasteiger partial charge on any atom is -0.371 e. The summed E-state index contributed by atoms with van der Waals surface area (Å²) in [5.74, 6) is 0.410. The predicted molar refractivity (Wildman–Crippen MR) is 94.3 cm³/mol. The van der Waals surface area contributed by atoms with E-state index in [4.69, 9.17) is 11.6 Å². The fourth-order valence-corrected chi connectivity index (χ4v) is 3.24. The molecule has 0 bridgehead atoms. The van der Waals surface area contributed by atoms with Crippen molar-refractivity contribution in [1.82, 2.24) is 20.1 Å². The number of nitrogens with zero attached hydrogens (tertiary/aromatic N) is 4. The number of carbonyl (C=O) groups excluding carboxylic acids is 1. The molecule has 1 aromatic carbocycles. The normalized spacial score (nSPS) is 18.6. The third-order valence-corrected chi connectivity index (χ3v) is 4.81.